The maximum absolute atomic E-state index is 12.4. The molecule has 0 saturated carbocycles. The lowest BCUT2D eigenvalue weighted by atomic mass is 10.1. The Kier molecular flexibility index (Phi) is 7.26. The standard InChI is InChI=1S/C23H25N3O5/c1-5-31-23(27)18-14-25-21(16-8-11-19(29-3)20(12-16)30-4)26-22(18)24-13-15-6-9-17(28-2)10-7-15/h6-12,14H,5,13H2,1-4H3,(H,24,25,26). The van der Waals surface area contributed by atoms with Crippen molar-refractivity contribution in [3.8, 4) is 28.6 Å². The van der Waals surface area contributed by atoms with Gasteiger partial charge in [-0.2, -0.15) is 0 Å². The third-order valence-corrected chi connectivity index (χ3v) is 4.54. The van der Waals surface area contributed by atoms with Crippen LogP contribution < -0.4 is 19.5 Å². The number of aromatic nitrogens is 2. The summed E-state index contributed by atoms with van der Waals surface area (Å²) in [6.07, 6.45) is 1.47. The normalized spacial score (nSPS) is 10.3. The molecule has 31 heavy (non-hydrogen) atoms. The van der Waals surface area contributed by atoms with Crippen molar-refractivity contribution >= 4 is 11.8 Å². The Morgan fingerprint density at radius 2 is 1.71 bits per heavy atom. The summed E-state index contributed by atoms with van der Waals surface area (Å²) in [5, 5.41) is 3.22. The zero-order valence-electron chi connectivity index (χ0n) is 18.0. The molecule has 0 amide bonds. The van der Waals surface area contributed by atoms with E-state index in [9.17, 15) is 4.79 Å². The highest BCUT2D eigenvalue weighted by molar-refractivity contribution is 5.94. The SMILES string of the molecule is CCOC(=O)c1cnc(-c2ccc(OC)c(OC)c2)nc1NCc1ccc(OC)cc1. The minimum absolute atomic E-state index is 0.258. The summed E-state index contributed by atoms with van der Waals surface area (Å²) < 4.78 is 21.0. The first kappa shape index (κ1) is 21.9. The number of hydrogen-bond donors (Lipinski definition) is 1. The first-order valence-corrected chi connectivity index (χ1v) is 9.73. The third kappa shape index (κ3) is 5.22. The molecule has 2 aromatic carbocycles. The van der Waals surface area contributed by atoms with Crippen LogP contribution in [-0.2, 0) is 11.3 Å². The van der Waals surface area contributed by atoms with Gasteiger partial charge in [0.05, 0.1) is 27.9 Å². The van der Waals surface area contributed by atoms with E-state index < -0.39 is 5.97 Å². The van der Waals surface area contributed by atoms with E-state index in [4.69, 9.17) is 18.9 Å². The first-order valence-electron chi connectivity index (χ1n) is 9.73. The van der Waals surface area contributed by atoms with E-state index in [0.29, 0.717) is 29.7 Å². The Labute approximate surface area is 181 Å². The monoisotopic (exact) mass is 423 g/mol. The molecule has 0 bridgehead atoms. The molecule has 0 aliphatic heterocycles. The molecule has 162 valence electrons. The molecule has 0 unspecified atom stereocenters. The lowest BCUT2D eigenvalue weighted by molar-refractivity contribution is 0.0526. The summed E-state index contributed by atoms with van der Waals surface area (Å²) in [7, 11) is 4.76. The van der Waals surface area contributed by atoms with Crippen molar-refractivity contribution in [1.29, 1.82) is 0 Å². The highest BCUT2D eigenvalue weighted by Gasteiger charge is 2.17. The van der Waals surface area contributed by atoms with E-state index in [1.165, 1.54) is 6.20 Å². The van der Waals surface area contributed by atoms with Crippen LogP contribution >= 0.6 is 0 Å². The van der Waals surface area contributed by atoms with Crippen molar-refractivity contribution in [1.82, 2.24) is 9.97 Å². The number of methoxy groups -OCH3 is 3. The first-order chi connectivity index (χ1) is 15.1. The molecule has 1 aromatic heterocycles. The van der Waals surface area contributed by atoms with Gasteiger partial charge in [0.25, 0.3) is 0 Å². The van der Waals surface area contributed by atoms with Crippen molar-refractivity contribution in [3.63, 3.8) is 0 Å². The van der Waals surface area contributed by atoms with Crippen LogP contribution in [-0.4, -0.2) is 43.9 Å². The van der Waals surface area contributed by atoms with Crippen LogP contribution in [0.15, 0.2) is 48.7 Å². The number of carbonyl (C=O) groups excluding carboxylic acids is 1. The predicted molar refractivity (Wildman–Crippen MR) is 117 cm³/mol. The van der Waals surface area contributed by atoms with Crippen LogP contribution in [0.1, 0.15) is 22.8 Å². The molecule has 8 heteroatoms. The lowest BCUT2D eigenvalue weighted by Gasteiger charge is -2.13. The summed E-state index contributed by atoms with van der Waals surface area (Å²) in [4.78, 5) is 21.3. The molecule has 0 aliphatic rings. The van der Waals surface area contributed by atoms with E-state index in [1.807, 2.05) is 30.3 Å². The van der Waals surface area contributed by atoms with Gasteiger partial charge in [-0.3, -0.25) is 0 Å². The molecule has 0 aliphatic carbocycles. The fourth-order valence-electron chi connectivity index (χ4n) is 2.92. The molecular formula is C23H25N3O5. The largest absolute Gasteiger partial charge is 0.497 e. The van der Waals surface area contributed by atoms with Crippen LogP contribution in [0.2, 0.25) is 0 Å². The van der Waals surface area contributed by atoms with Gasteiger partial charge in [-0.1, -0.05) is 12.1 Å². The summed E-state index contributed by atoms with van der Waals surface area (Å²) in [5.41, 5.74) is 1.99. The third-order valence-electron chi connectivity index (χ3n) is 4.54. The molecule has 1 N–H and O–H groups in total. The second-order valence-electron chi connectivity index (χ2n) is 6.45. The van der Waals surface area contributed by atoms with Gasteiger partial charge in [0.15, 0.2) is 17.3 Å². The number of carbonyl (C=O) groups is 1. The van der Waals surface area contributed by atoms with Crippen molar-refractivity contribution in [3.05, 3.63) is 59.8 Å². The second-order valence-corrected chi connectivity index (χ2v) is 6.45. The maximum atomic E-state index is 12.4. The van der Waals surface area contributed by atoms with Gasteiger partial charge in [-0.15, -0.1) is 0 Å². The van der Waals surface area contributed by atoms with Gasteiger partial charge in [0, 0.05) is 18.3 Å². The number of hydrogen-bond acceptors (Lipinski definition) is 8. The minimum Gasteiger partial charge on any atom is -0.497 e. The number of nitrogens with zero attached hydrogens (tertiary/aromatic N) is 2. The maximum Gasteiger partial charge on any atom is 0.343 e. The van der Waals surface area contributed by atoms with Crippen LogP contribution in [0.25, 0.3) is 11.4 Å². The highest BCUT2D eigenvalue weighted by atomic mass is 16.5. The predicted octanol–water partition coefficient (Wildman–Crippen LogP) is 3.96. The quantitative estimate of drug-likeness (QED) is 0.517. The Morgan fingerprint density at radius 3 is 2.35 bits per heavy atom. The number of ether oxygens (including phenoxy) is 4. The van der Waals surface area contributed by atoms with Crippen molar-refractivity contribution in [2.24, 2.45) is 0 Å². The number of esters is 1. The fraction of sp³-hybridized carbons (Fsp3) is 0.261. The fourth-order valence-corrected chi connectivity index (χ4v) is 2.92. The lowest BCUT2D eigenvalue weighted by Crippen LogP contribution is -2.13. The summed E-state index contributed by atoms with van der Waals surface area (Å²) in [5.74, 6) is 2.27. The summed E-state index contributed by atoms with van der Waals surface area (Å²) in [6, 6.07) is 13.0. The molecule has 0 radical (unpaired) electrons. The average Bonchev–Trinajstić information content (AvgIpc) is 2.82. The Hall–Kier alpha value is -3.81. The van der Waals surface area contributed by atoms with E-state index in [-0.39, 0.29) is 12.2 Å². The average molecular weight is 423 g/mol. The molecule has 3 rings (SSSR count). The Morgan fingerprint density at radius 1 is 0.968 bits per heavy atom. The van der Waals surface area contributed by atoms with Gasteiger partial charge in [0.1, 0.15) is 17.1 Å². The zero-order valence-corrected chi connectivity index (χ0v) is 18.0. The Balaban J connectivity index is 1.93. The number of anilines is 1. The molecule has 0 spiro atoms. The molecule has 8 nitrogen and oxygen atoms in total. The van der Waals surface area contributed by atoms with Gasteiger partial charge in [-0.05, 0) is 42.8 Å². The van der Waals surface area contributed by atoms with Crippen molar-refractivity contribution in [2.45, 2.75) is 13.5 Å². The van der Waals surface area contributed by atoms with E-state index in [2.05, 4.69) is 15.3 Å². The number of nitrogens with one attached hydrogen (secondary N) is 1. The van der Waals surface area contributed by atoms with Crippen LogP contribution in [0, 0.1) is 0 Å². The van der Waals surface area contributed by atoms with E-state index >= 15 is 0 Å². The smallest absolute Gasteiger partial charge is 0.343 e. The molecule has 1 heterocycles. The molecule has 0 fully saturated rings. The van der Waals surface area contributed by atoms with E-state index in [1.54, 1.807) is 40.4 Å². The van der Waals surface area contributed by atoms with Gasteiger partial charge >= 0.3 is 5.97 Å². The second kappa shape index (κ2) is 10.3. The summed E-state index contributed by atoms with van der Waals surface area (Å²) in [6.45, 7) is 2.47. The van der Waals surface area contributed by atoms with Crippen LogP contribution in [0.4, 0.5) is 5.82 Å². The van der Waals surface area contributed by atoms with Gasteiger partial charge < -0.3 is 24.3 Å². The summed E-state index contributed by atoms with van der Waals surface area (Å²) >= 11 is 0. The molecule has 3 aromatic rings. The van der Waals surface area contributed by atoms with E-state index in [0.717, 1.165) is 16.9 Å². The molecule has 0 atom stereocenters. The van der Waals surface area contributed by atoms with Crippen molar-refractivity contribution in [2.75, 3.05) is 33.3 Å². The number of rotatable bonds is 9. The van der Waals surface area contributed by atoms with Crippen LogP contribution in [0.5, 0.6) is 17.2 Å². The highest BCUT2D eigenvalue weighted by Crippen LogP contribution is 2.31. The van der Waals surface area contributed by atoms with Gasteiger partial charge in [0.2, 0.25) is 0 Å². The van der Waals surface area contributed by atoms with Crippen molar-refractivity contribution < 1.29 is 23.7 Å². The molecule has 0 saturated heterocycles. The van der Waals surface area contributed by atoms with Crippen LogP contribution in [0.3, 0.4) is 0 Å². The Bertz CT molecular complexity index is 1040. The molecular weight excluding hydrogens is 398 g/mol. The van der Waals surface area contributed by atoms with Gasteiger partial charge in [-0.25, -0.2) is 14.8 Å². The number of benzene rings is 2. The minimum atomic E-state index is -0.487. The topological polar surface area (TPSA) is 91.8 Å². The zero-order chi connectivity index (χ0) is 22.2.